The van der Waals surface area contributed by atoms with Gasteiger partial charge in [0.25, 0.3) is 0 Å². The van der Waals surface area contributed by atoms with Gasteiger partial charge in [0.2, 0.25) is 5.95 Å². The van der Waals surface area contributed by atoms with Gasteiger partial charge in [-0.2, -0.15) is 0 Å². The molecule has 1 saturated heterocycles. The van der Waals surface area contributed by atoms with E-state index in [1.807, 2.05) is 12.3 Å². The van der Waals surface area contributed by atoms with Gasteiger partial charge in [-0.1, -0.05) is 56.2 Å². The molecule has 1 saturated carbocycles. The van der Waals surface area contributed by atoms with Crippen LogP contribution in [0.15, 0.2) is 60.9 Å². The number of nitrogens with zero attached hydrogens (tertiary/aromatic N) is 4. The van der Waals surface area contributed by atoms with Crippen LogP contribution in [0.25, 0.3) is 0 Å². The summed E-state index contributed by atoms with van der Waals surface area (Å²) in [4.78, 5) is 17.2. The van der Waals surface area contributed by atoms with Crippen molar-refractivity contribution in [1.29, 1.82) is 0 Å². The third kappa shape index (κ3) is 4.28. The average Bonchev–Trinajstić information content (AvgIpc) is 3.36. The Bertz CT molecular complexity index is 1000. The van der Waals surface area contributed by atoms with Crippen LogP contribution in [0.1, 0.15) is 68.0 Å². The van der Waals surface area contributed by atoms with Crippen molar-refractivity contribution in [1.82, 2.24) is 15.0 Å². The standard InChI is InChI=1S/C28H34N4/c1-22-14-19-32(20-15-22)27-30-21-23(12-13-25-11-5-8-18-29-25)26(31-27)28(16-6-7-17-28)24-9-3-2-4-10-24/h2-5,8-11,18,21-22H,6-7,12-17,19-20H2,1H3. The quantitative estimate of drug-likeness (QED) is 0.503. The molecule has 5 rings (SSSR count). The van der Waals surface area contributed by atoms with Crippen LogP contribution >= 0.6 is 0 Å². The summed E-state index contributed by atoms with van der Waals surface area (Å²) in [5.74, 6) is 1.73. The highest BCUT2D eigenvalue weighted by atomic mass is 15.3. The number of rotatable bonds is 6. The molecule has 3 aromatic rings. The molecule has 166 valence electrons. The topological polar surface area (TPSA) is 41.9 Å². The number of piperidine rings is 1. The van der Waals surface area contributed by atoms with Gasteiger partial charge in [-0.25, -0.2) is 9.97 Å². The van der Waals surface area contributed by atoms with E-state index in [0.29, 0.717) is 0 Å². The number of pyridine rings is 1. The molecule has 32 heavy (non-hydrogen) atoms. The number of hydrogen-bond acceptors (Lipinski definition) is 4. The van der Waals surface area contributed by atoms with Crippen molar-refractivity contribution in [3.8, 4) is 0 Å². The minimum Gasteiger partial charge on any atom is -0.341 e. The summed E-state index contributed by atoms with van der Waals surface area (Å²) in [6.07, 6.45) is 13.2. The molecule has 0 bridgehead atoms. The van der Waals surface area contributed by atoms with E-state index in [4.69, 9.17) is 9.97 Å². The zero-order valence-electron chi connectivity index (χ0n) is 19.2. The zero-order valence-corrected chi connectivity index (χ0v) is 19.2. The van der Waals surface area contributed by atoms with Gasteiger partial charge in [-0.05, 0) is 67.7 Å². The van der Waals surface area contributed by atoms with E-state index >= 15 is 0 Å². The molecular formula is C28H34N4. The summed E-state index contributed by atoms with van der Waals surface area (Å²) in [5, 5.41) is 0. The molecule has 0 unspecified atom stereocenters. The molecule has 0 N–H and O–H groups in total. The third-order valence-electron chi connectivity index (χ3n) is 7.53. The number of benzene rings is 1. The number of anilines is 1. The number of aryl methyl sites for hydroxylation is 2. The zero-order chi connectivity index (χ0) is 21.8. The Balaban J connectivity index is 1.54. The van der Waals surface area contributed by atoms with Crippen LogP contribution in [-0.2, 0) is 18.3 Å². The molecule has 4 nitrogen and oxygen atoms in total. The second kappa shape index (κ2) is 9.40. The fourth-order valence-corrected chi connectivity index (χ4v) is 5.56. The van der Waals surface area contributed by atoms with E-state index in [9.17, 15) is 0 Å². The van der Waals surface area contributed by atoms with Gasteiger partial charge in [0.15, 0.2) is 0 Å². The summed E-state index contributed by atoms with van der Waals surface area (Å²) in [6, 6.07) is 17.3. The lowest BCUT2D eigenvalue weighted by atomic mass is 9.74. The highest BCUT2D eigenvalue weighted by molar-refractivity contribution is 5.44. The van der Waals surface area contributed by atoms with Crippen molar-refractivity contribution in [2.24, 2.45) is 5.92 Å². The van der Waals surface area contributed by atoms with Crippen LogP contribution < -0.4 is 4.90 Å². The maximum atomic E-state index is 5.36. The third-order valence-corrected chi connectivity index (χ3v) is 7.53. The smallest absolute Gasteiger partial charge is 0.225 e. The van der Waals surface area contributed by atoms with Crippen molar-refractivity contribution < 1.29 is 0 Å². The second-order valence-corrected chi connectivity index (χ2v) is 9.69. The van der Waals surface area contributed by atoms with E-state index in [-0.39, 0.29) is 5.41 Å². The van der Waals surface area contributed by atoms with Crippen LogP contribution in [0.2, 0.25) is 0 Å². The first kappa shape index (κ1) is 21.1. The molecule has 0 amide bonds. The van der Waals surface area contributed by atoms with Crippen LogP contribution in [-0.4, -0.2) is 28.0 Å². The van der Waals surface area contributed by atoms with Gasteiger partial charge >= 0.3 is 0 Å². The van der Waals surface area contributed by atoms with Gasteiger partial charge in [0, 0.05) is 36.6 Å². The lowest BCUT2D eigenvalue weighted by molar-refractivity contribution is 0.432. The fourth-order valence-electron chi connectivity index (χ4n) is 5.56. The van der Waals surface area contributed by atoms with Crippen molar-refractivity contribution >= 4 is 5.95 Å². The average molecular weight is 427 g/mol. The maximum absolute atomic E-state index is 5.36. The second-order valence-electron chi connectivity index (χ2n) is 9.69. The molecule has 2 aliphatic rings. The summed E-state index contributed by atoms with van der Waals surface area (Å²) < 4.78 is 0. The van der Waals surface area contributed by atoms with E-state index in [1.54, 1.807) is 0 Å². The summed E-state index contributed by atoms with van der Waals surface area (Å²) in [6.45, 7) is 4.48. The van der Waals surface area contributed by atoms with E-state index in [1.165, 1.54) is 55.3 Å². The predicted molar refractivity (Wildman–Crippen MR) is 130 cm³/mol. The summed E-state index contributed by atoms with van der Waals surface area (Å²) in [5.41, 5.74) is 5.10. The van der Waals surface area contributed by atoms with E-state index < -0.39 is 0 Å². The molecule has 1 aromatic carbocycles. The summed E-state index contributed by atoms with van der Waals surface area (Å²) >= 11 is 0. The van der Waals surface area contributed by atoms with Crippen LogP contribution in [0.5, 0.6) is 0 Å². The number of hydrogen-bond donors (Lipinski definition) is 0. The Morgan fingerprint density at radius 1 is 0.906 bits per heavy atom. The van der Waals surface area contributed by atoms with E-state index in [2.05, 4.69) is 65.5 Å². The molecule has 3 heterocycles. The monoisotopic (exact) mass is 426 g/mol. The molecule has 0 radical (unpaired) electrons. The lowest BCUT2D eigenvalue weighted by Gasteiger charge is -2.34. The SMILES string of the molecule is CC1CCN(c2ncc(CCc3ccccn3)c(C3(c4ccccc4)CCCC3)n2)CC1. The van der Waals surface area contributed by atoms with Crippen molar-refractivity contribution in [3.05, 3.63) is 83.4 Å². The van der Waals surface area contributed by atoms with Crippen molar-refractivity contribution in [2.45, 2.75) is 63.7 Å². The molecule has 1 aliphatic heterocycles. The van der Waals surface area contributed by atoms with Crippen LogP contribution in [0, 0.1) is 5.92 Å². The van der Waals surface area contributed by atoms with Gasteiger partial charge < -0.3 is 4.90 Å². The first-order valence-electron chi connectivity index (χ1n) is 12.3. The molecular weight excluding hydrogens is 392 g/mol. The Hall–Kier alpha value is -2.75. The Kier molecular flexibility index (Phi) is 6.20. The van der Waals surface area contributed by atoms with Crippen molar-refractivity contribution in [3.63, 3.8) is 0 Å². The fraction of sp³-hybridized carbons (Fsp3) is 0.464. The Morgan fingerprint density at radius 2 is 1.66 bits per heavy atom. The maximum Gasteiger partial charge on any atom is 0.225 e. The first-order valence-corrected chi connectivity index (χ1v) is 12.3. The van der Waals surface area contributed by atoms with Gasteiger partial charge in [-0.3, -0.25) is 4.98 Å². The van der Waals surface area contributed by atoms with Gasteiger partial charge in [-0.15, -0.1) is 0 Å². The van der Waals surface area contributed by atoms with Gasteiger partial charge in [0.1, 0.15) is 0 Å². The first-order chi connectivity index (χ1) is 15.7. The Labute approximate surface area is 192 Å². The minimum atomic E-state index is 0.00147. The minimum absolute atomic E-state index is 0.00147. The summed E-state index contributed by atoms with van der Waals surface area (Å²) in [7, 11) is 0. The van der Waals surface area contributed by atoms with Crippen LogP contribution in [0.4, 0.5) is 5.95 Å². The highest BCUT2D eigenvalue weighted by Crippen LogP contribution is 2.47. The molecule has 0 spiro atoms. The number of aromatic nitrogens is 3. The lowest BCUT2D eigenvalue weighted by Crippen LogP contribution is -2.35. The molecule has 4 heteroatoms. The Morgan fingerprint density at radius 3 is 2.38 bits per heavy atom. The highest BCUT2D eigenvalue weighted by Gasteiger charge is 2.40. The largest absolute Gasteiger partial charge is 0.341 e. The molecule has 0 atom stereocenters. The van der Waals surface area contributed by atoms with E-state index in [0.717, 1.165) is 43.5 Å². The predicted octanol–water partition coefficient (Wildman–Crippen LogP) is 5.75. The molecule has 2 fully saturated rings. The molecule has 1 aliphatic carbocycles. The normalized spacial score (nSPS) is 18.7. The molecule has 2 aromatic heterocycles. The van der Waals surface area contributed by atoms with Gasteiger partial charge in [0.05, 0.1) is 5.69 Å². The van der Waals surface area contributed by atoms with Crippen molar-refractivity contribution in [2.75, 3.05) is 18.0 Å². The van der Waals surface area contributed by atoms with Crippen LogP contribution in [0.3, 0.4) is 0 Å².